The number of aromatic nitrogens is 1. The van der Waals surface area contributed by atoms with Crippen LogP contribution in [0.1, 0.15) is 45.9 Å². The number of carbonyl (C=O) groups is 1. The number of anilines is 1. The fourth-order valence-electron chi connectivity index (χ4n) is 3.89. The molecule has 6 nitrogen and oxygen atoms in total. The summed E-state index contributed by atoms with van der Waals surface area (Å²) >= 11 is 0. The number of carbonyl (C=O) groups excluding carboxylic acids is 1. The molecule has 1 unspecified atom stereocenters. The molecule has 3 aromatic rings. The lowest BCUT2D eigenvalue weighted by Gasteiger charge is -2.25. The van der Waals surface area contributed by atoms with E-state index in [2.05, 4.69) is 9.71 Å². The highest BCUT2D eigenvalue weighted by molar-refractivity contribution is 7.92. The minimum Gasteiger partial charge on any atom is -0.332 e. The smallest absolute Gasteiger partial charge is 0.261 e. The Morgan fingerprint density at radius 3 is 2.52 bits per heavy atom. The summed E-state index contributed by atoms with van der Waals surface area (Å²) < 4.78 is 28.1. The van der Waals surface area contributed by atoms with Crippen molar-refractivity contribution >= 4 is 21.6 Å². The number of hydrogen-bond donors (Lipinski definition) is 1. The van der Waals surface area contributed by atoms with Gasteiger partial charge in [0.25, 0.3) is 15.9 Å². The number of likely N-dealkylation sites (tertiary alicyclic amines) is 1. The summed E-state index contributed by atoms with van der Waals surface area (Å²) in [7, 11) is -3.74. The molecule has 1 atom stereocenters. The van der Waals surface area contributed by atoms with Gasteiger partial charge in [0.15, 0.2) is 0 Å². The second-order valence-electron chi connectivity index (χ2n) is 7.87. The molecule has 160 valence electrons. The Morgan fingerprint density at radius 1 is 1.06 bits per heavy atom. The molecule has 1 aliphatic heterocycles. The Hall–Kier alpha value is -3.19. The Labute approximate surface area is 183 Å². The topological polar surface area (TPSA) is 79.4 Å². The van der Waals surface area contributed by atoms with E-state index in [4.69, 9.17) is 0 Å². The second-order valence-corrected chi connectivity index (χ2v) is 9.55. The van der Waals surface area contributed by atoms with Crippen molar-refractivity contribution in [2.24, 2.45) is 0 Å². The summed E-state index contributed by atoms with van der Waals surface area (Å²) in [4.78, 5) is 19.2. The van der Waals surface area contributed by atoms with Crippen LogP contribution in [0, 0.1) is 13.8 Å². The SMILES string of the molecule is Cc1ccc(NS(=O)(=O)c2ccc(C(=O)N3CCCC3c3cccnc3)cc2)cc1C. The zero-order valence-electron chi connectivity index (χ0n) is 17.6. The predicted molar refractivity (Wildman–Crippen MR) is 120 cm³/mol. The fourth-order valence-corrected chi connectivity index (χ4v) is 4.94. The lowest BCUT2D eigenvalue weighted by atomic mass is 10.1. The van der Waals surface area contributed by atoms with Gasteiger partial charge in [0.1, 0.15) is 0 Å². The minimum atomic E-state index is -3.74. The van der Waals surface area contributed by atoms with Crippen molar-refractivity contribution in [3.05, 3.63) is 89.2 Å². The number of nitrogens with zero attached hydrogens (tertiary/aromatic N) is 2. The van der Waals surface area contributed by atoms with E-state index in [0.717, 1.165) is 29.5 Å². The van der Waals surface area contributed by atoms with E-state index in [0.29, 0.717) is 17.8 Å². The summed E-state index contributed by atoms with van der Waals surface area (Å²) in [5.41, 5.74) is 4.11. The van der Waals surface area contributed by atoms with Gasteiger partial charge in [-0.05, 0) is 85.8 Å². The van der Waals surface area contributed by atoms with Crippen molar-refractivity contribution in [3.63, 3.8) is 0 Å². The summed E-state index contributed by atoms with van der Waals surface area (Å²) in [6.45, 7) is 4.58. The van der Waals surface area contributed by atoms with Gasteiger partial charge in [-0.2, -0.15) is 0 Å². The van der Waals surface area contributed by atoms with Crippen molar-refractivity contribution in [1.29, 1.82) is 0 Å². The Balaban J connectivity index is 1.52. The summed E-state index contributed by atoms with van der Waals surface area (Å²) in [6, 6.07) is 15.4. The highest BCUT2D eigenvalue weighted by Crippen LogP contribution is 2.32. The van der Waals surface area contributed by atoms with Gasteiger partial charge in [-0.25, -0.2) is 8.42 Å². The molecule has 1 aromatic heterocycles. The quantitative estimate of drug-likeness (QED) is 0.641. The summed E-state index contributed by atoms with van der Waals surface area (Å²) in [5, 5.41) is 0. The van der Waals surface area contributed by atoms with Gasteiger partial charge in [-0.1, -0.05) is 12.1 Å². The first-order valence-corrected chi connectivity index (χ1v) is 11.7. The minimum absolute atomic E-state index is 0.00365. The molecule has 1 N–H and O–H groups in total. The van der Waals surface area contributed by atoms with Crippen LogP contribution in [0.2, 0.25) is 0 Å². The summed E-state index contributed by atoms with van der Waals surface area (Å²) in [6.07, 6.45) is 5.33. The molecule has 1 aliphatic rings. The number of aryl methyl sites for hydroxylation is 2. The maximum atomic E-state index is 13.1. The number of benzene rings is 2. The first-order valence-electron chi connectivity index (χ1n) is 10.3. The van der Waals surface area contributed by atoms with Crippen LogP contribution in [0.3, 0.4) is 0 Å². The lowest BCUT2D eigenvalue weighted by Crippen LogP contribution is -2.30. The molecule has 31 heavy (non-hydrogen) atoms. The van der Waals surface area contributed by atoms with E-state index < -0.39 is 10.0 Å². The normalized spacial score (nSPS) is 16.3. The van der Waals surface area contributed by atoms with Crippen LogP contribution in [0.5, 0.6) is 0 Å². The molecule has 1 amide bonds. The monoisotopic (exact) mass is 435 g/mol. The van der Waals surface area contributed by atoms with Crippen LogP contribution >= 0.6 is 0 Å². The molecule has 0 radical (unpaired) electrons. The van der Waals surface area contributed by atoms with Crippen LogP contribution in [-0.4, -0.2) is 30.8 Å². The Morgan fingerprint density at radius 2 is 1.84 bits per heavy atom. The Kier molecular flexibility index (Phi) is 5.78. The third kappa shape index (κ3) is 4.46. The van der Waals surface area contributed by atoms with Gasteiger partial charge in [0, 0.05) is 30.2 Å². The average Bonchev–Trinajstić information content (AvgIpc) is 3.26. The third-order valence-corrected chi connectivity index (χ3v) is 7.15. The van der Waals surface area contributed by atoms with Crippen LogP contribution in [0.15, 0.2) is 71.9 Å². The molecular formula is C24H25N3O3S. The largest absolute Gasteiger partial charge is 0.332 e. The average molecular weight is 436 g/mol. The van der Waals surface area contributed by atoms with E-state index >= 15 is 0 Å². The first-order chi connectivity index (χ1) is 14.8. The van der Waals surface area contributed by atoms with Crippen LogP contribution in [-0.2, 0) is 10.0 Å². The number of rotatable bonds is 5. The fraction of sp³-hybridized carbons (Fsp3) is 0.250. The van der Waals surface area contributed by atoms with Crippen molar-refractivity contribution < 1.29 is 13.2 Å². The molecule has 2 aromatic carbocycles. The van der Waals surface area contributed by atoms with Gasteiger partial charge in [-0.3, -0.25) is 14.5 Å². The number of hydrogen-bond acceptors (Lipinski definition) is 4. The summed E-state index contributed by atoms with van der Waals surface area (Å²) in [5.74, 6) is -0.0996. The molecule has 2 heterocycles. The lowest BCUT2D eigenvalue weighted by molar-refractivity contribution is 0.0735. The first kappa shape index (κ1) is 21.1. The highest BCUT2D eigenvalue weighted by atomic mass is 32.2. The molecule has 1 fully saturated rings. The van der Waals surface area contributed by atoms with E-state index in [1.165, 1.54) is 12.1 Å². The van der Waals surface area contributed by atoms with Crippen molar-refractivity contribution in [2.75, 3.05) is 11.3 Å². The van der Waals surface area contributed by atoms with E-state index in [1.807, 2.05) is 36.9 Å². The number of sulfonamides is 1. The second kappa shape index (κ2) is 8.51. The molecule has 1 saturated heterocycles. The molecule has 0 spiro atoms. The standard InChI is InChI=1S/C24H25N3O3S/c1-17-7-10-21(15-18(17)2)26-31(29,30)22-11-8-19(9-12-22)24(28)27-14-4-6-23(27)20-5-3-13-25-16-20/h3,5,7-13,15-16,23,26H,4,6,14H2,1-2H3. The van der Waals surface area contributed by atoms with E-state index in [1.54, 1.807) is 36.7 Å². The number of nitrogens with one attached hydrogen (secondary N) is 1. The maximum Gasteiger partial charge on any atom is 0.261 e. The third-order valence-electron chi connectivity index (χ3n) is 5.75. The highest BCUT2D eigenvalue weighted by Gasteiger charge is 2.30. The number of amides is 1. The molecule has 7 heteroatoms. The van der Waals surface area contributed by atoms with Crippen molar-refractivity contribution in [3.8, 4) is 0 Å². The predicted octanol–water partition coefficient (Wildman–Crippen LogP) is 4.48. The van der Waals surface area contributed by atoms with Crippen molar-refractivity contribution in [2.45, 2.75) is 37.6 Å². The zero-order chi connectivity index (χ0) is 22.0. The molecule has 0 bridgehead atoms. The van der Waals surface area contributed by atoms with Crippen molar-refractivity contribution in [1.82, 2.24) is 9.88 Å². The molecular weight excluding hydrogens is 410 g/mol. The molecule has 0 saturated carbocycles. The molecule has 4 rings (SSSR count). The number of pyridine rings is 1. The van der Waals surface area contributed by atoms with Crippen LogP contribution in [0.25, 0.3) is 0 Å². The maximum absolute atomic E-state index is 13.1. The zero-order valence-corrected chi connectivity index (χ0v) is 18.4. The van der Waals surface area contributed by atoms with Gasteiger partial charge < -0.3 is 4.90 Å². The van der Waals surface area contributed by atoms with Gasteiger partial charge >= 0.3 is 0 Å². The van der Waals surface area contributed by atoms with Gasteiger partial charge in [0.05, 0.1) is 10.9 Å². The molecule has 0 aliphatic carbocycles. The van der Waals surface area contributed by atoms with Gasteiger partial charge in [0.2, 0.25) is 0 Å². The van der Waals surface area contributed by atoms with Crippen LogP contribution in [0.4, 0.5) is 5.69 Å². The van der Waals surface area contributed by atoms with E-state index in [9.17, 15) is 13.2 Å². The van der Waals surface area contributed by atoms with Crippen LogP contribution < -0.4 is 4.72 Å². The van der Waals surface area contributed by atoms with E-state index in [-0.39, 0.29) is 16.8 Å². The Bertz CT molecular complexity index is 1190. The van der Waals surface area contributed by atoms with Gasteiger partial charge in [-0.15, -0.1) is 0 Å².